The summed E-state index contributed by atoms with van der Waals surface area (Å²) in [5, 5.41) is 15.5. The molecule has 0 spiro atoms. The lowest BCUT2D eigenvalue weighted by atomic mass is 9.82. The van der Waals surface area contributed by atoms with Gasteiger partial charge in [0.1, 0.15) is 11.5 Å². The van der Waals surface area contributed by atoms with Gasteiger partial charge in [-0.05, 0) is 31.9 Å². The van der Waals surface area contributed by atoms with Gasteiger partial charge in [-0.2, -0.15) is 0 Å². The summed E-state index contributed by atoms with van der Waals surface area (Å²) < 4.78 is 10.4. The summed E-state index contributed by atoms with van der Waals surface area (Å²) >= 11 is 0. The van der Waals surface area contributed by atoms with Crippen LogP contribution in [0.1, 0.15) is 40.0 Å². The number of aliphatic carboxylic acids is 1. The Morgan fingerprint density at radius 3 is 2.35 bits per heavy atom. The number of amides is 1. The zero-order chi connectivity index (χ0) is 19.7. The number of hydrogen-bond donors (Lipinski definition) is 3. The molecule has 0 saturated carbocycles. The van der Waals surface area contributed by atoms with Gasteiger partial charge in [-0.15, -0.1) is 0 Å². The molecule has 1 unspecified atom stereocenters. The smallest absolute Gasteiger partial charge is 0.310 e. The number of hydrogen-bond acceptors (Lipinski definition) is 5. The number of rotatable bonds is 11. The van der Waals surface area contributed by atoms with Gasteiger partial charge in [0.15, 0.2) is 0 Å². The minimum absolute atomic E-state index is 0.156. The summed E-state index contributed by atoms with van der Waals surface area (Å²) in [5.74, 6) is 0.163. The Hall–Kier alpha value is -2.28. The normalized spacial score (nSPS) is 12.3. The highest BCUT2D eigenvalue weighted by Gasteiger charge is 2.34. The molecule has 7 heteroatoms. The van der Waals surface area contributed by atoms with Crippen molar-refractivity contribution in [2.75, 3.05) is 26.1 Å². The van der Waals surface area contributed by atoms with Crippen molar-refractivity contribution in [3.63, 3.8) is 0 Å². The lowest BCUT2D eigenvalue weighted by Gasteiger charge is -2.28. The van der Waals surface area contributed by atoms with Gasteiger partial charge >= 0.3 is 5.97 Å². The molecular weight excluding hydrogens is 336 g/mol. The Bertz CT molecular complexity index is 614. The first kappa shape index (κ1) is 21.8. The predicted octanol–water partition coefficient (Wildman–Crippen LogP) is 2.90. The van der Waals surface area contributed by atoms with Gasteiger partial charge in [0.25, 0.3) is 0 Å². The van der Waals surface area contributed by atoms with Crippen LogP contribution in [-0.2, 0) is 9.59 Å². The van der Waals surface area contributed by atoms with Crippen LogP contribution < -0.4 is 20.1 Å². The first-order valence-electron chi connectivity index (χ1n) is 8.80. The van der Waals surface area contributed by atoms with E-state index in [1.165, 1.54) is 7.11 Å². The zero-order valence-electron chi connectivity index (χ0n) is 16.2. The molecular formula is C19H30N2O5. The molecule has 1 rings (SSSR count). The first-order valence-corrected chi connectivity index (χ1v) is 8.80. The van der Waals surface area contributed by atoms with Crippen LogP contribution in [0.15, 0.2) is 18.2 Å². The second kappa shape index (κ2) is 10.0. The second-order valence-electron chi connectivity index (χ2n) is 6.39. The van der Waals surface area contributed by atoms with Crippen molar-refractivity contribution in [1.29, 1.82) is 0 Å². The van der Waals surface area contributed by atoms with Gasteiger partial charge in [0, 0.05) is 25.1 Å². The Balaban J connectivity index is 2.64. The molecule has 0 aliphatic heterocycles. The van der Waals surface area contributed by atoms with E-state index < -0.39 is 11.4 Å². The third-order valence-electron chi connectivity index (χ3n) is 4.77. The highest BCUT2D eigenvalue weighted by molar-refractivity contribution is 5.92. The van der Waals surface area contributed by atoms with E-state index in [0.717, 1.165) is 0 Å². The molecule has 0 bridgehead atoms. The van der Waals surface area contributed by atoms with Crippen molar-refractivity contribution in [2.24, 2.45) is 5.41 Å². The Morgan fingerprint density at radius 1 is 1.19 bits per heavy atom. The van der Waals surface area contributed by atoms with E-state index in [1.807, 2.05) is 20.8 Å². The number of carboxylic acids is 1. The van der Waals surface area contributed by atoms with E-state index in [1.54, 1.807) is 25.3 Å². The number of carboxylic acid groups (broad SMARTS) is 1. The summed E-state index contributed by atoms with van der Waals surface area (Å²) in [7, 11) is 3.08. The maximum absolute atomic E-state index is 12.3. The fourth-order valence-electron chi connectivity index (χ4n) is 2.70. The van der Waals surface area contributed by atoms with E-state index in [0.29, 0.717) is 36.6 Å². The highest BCUT2D eigenvalue weighted by Crippen LogP contribution is 2.29. The van der Waals surface area contributed by atoms with Crippen LogP contribution in [-0.4, -0.2) is 43.8 Å². The number of ether oxygens (including phenoxy) is 2. The maximum Gasteiger partial charge on any atom is 0.310 e. The van der Waals surface area contributed by atoms with Gasteiger partial charge in [0.05, 0.1) is 25.3 Å². The van der Waals surface area contributed by atoms with Crippen molar-refractivity contribution in [1.82, 2.24) is 5.32 Å². The number of methoxy groups -OCH3 is 2. The molecule has 0 fully saturated rings. The minimum Gasteiger partial charge on any atom is -0.497 e. The van der Waals surface area contributed by atoms with Crippen molar-refractivity contribution in [3.05, 3.63) is 18.2 Å². The topological polar surface area (TPSA) is 96.9 Å². The second-order valence-corrected chi connectivity index (χ2v) is 6.39. The van der Waals surface area contributed by atoms with E-state index in [9.17, 15) is 14.7 Å². The summed E-state index contributed by atoms with van der Waals surface area (Å²) in [6.45, 7) is 5.93. The minimum atomic E-state index is -0.811. The number of carbonyl (C=O) groups is 2. The van der Waals surface area contributed by atoms with Crippen molar-refractivity contribution >= 4 is 17.6 Å². The molecule has 0 saturated heterocycles. The zero-order valence-corrected chi connectivity index (χ0v) is 16.2. The van der Waals surface area contributed by atoms with Gasteiger partial charge < -0.3 is 25.2 Å². The van der Waals surface area contributed by atoms with Gasteiger partial charge in [-0.3, -0.25) is 9.59 Å². The third kappa shape index (κ3) is 5.62. The van der Waals surface area contributed by atoms with E-state index in [4.69, 9.17) is 9.47 Å². The Morgan fingerprint density at radius 2 is 1.85 bits per heavy atom. The molecule has 7 nitrogen and oxygen atoms in total. The Labute approximate surface area is 155 Å². The molecule has 0 radical (unpaired) electrons. The van der Waals surface area contributed by atoms with Crippen molar-refractivity contribution in [3.8, 4) is 11.5 Å². The fraction of sp³-hybridized carbons (Fsp3) is 0.579. The first-order chi connectivity index (χ1) is 12.3. The maximum atomic E-state index is 12.3. The van der Waals surface area contributed by atoms with Crippen LogP contribution in [0, 0.1) is 5.41 Å². The monoisotopic (exact) mass is 366 g/mol. The number of carbonyl (C=O) groups excluding carboxylic acids is 1. The lowest BCUT2D eigenvalue weighted by molar-refractivity contribution is -0.149. The number of benzene rings is 1. The Kier molecular flexibility index (Phi) is 8.38. The molecule has 0 aromatic heterocycles. The van der Waals surface area contributed by atoms with E-state index >= 15 is 0 Å². The molecule has 0 aliphatic carbocycles. The molecule has 3 N–H and O–H groups in total. The summed E-state index contributed by atoms with van der Waals surface area (Å²) in [5.41, 5.74) is -0.239. The summed E-state index contributed by atoms with van der Waals surface area (Å²) in [4.78, 5) is 23.8. The van der Waals surface area contributed by atoms with E-state index in [-0.39, 0.29) is 18.4 Å². The van der Waals surface area contributed by atoms with Crippen LogP contribution >= 0.6 is 0 Å². The van der Waals surface area contributed by atoms with E-state index in [2.05, 4.69) is 10.6 Å². The summed E-state index contributed by atoms with van der Waals surface area (Å²) in [6.07, 6.45) is 1.29. The summed E-state index contributed by atoms with van der Waals surface area (Å²) in [6, 6.07) is 5.00. The van der Waals surface area contributed by atoms with Crippen LogP contribution in [0.4, 0.5) is 5.69 Å². The fourth-order valence-corrected chi connectivity index (χ4v) is 2.70. The molecule has 26 heavy (non-hydrogen) atoms. The molecule has 1 atom stereocenters. The van der Waals surface area contributed by atoms with Gasteiger partial charge in [-0.25, -0.2) is 0 Å². The molecule has 1 aromatic rings. The van der Waals surface area contributed by atoms with Crippen LogP contribution in [0.3, 0.4) is 0 Å². The van der Waals surface area contributed by atoms with Crippen LogP contribution in [0.2, 0.25) is 0 Å². The molecule has 0 aliphatic rings. The quantitative estimate of drug-likeness (QED) is 0.557. The van der Waals surface area contributed by atoms with Gasteiger partial charge in [-0.1, -0.05) is 13.8 Å². The lowest BCUT2D eigenvalue weighted by Crippen LogP contribution is -2.44. The highest BCUT2D eigenvalue weighted by atomic mass is 16.5. The van der Waals surface area contributed by atoms with Crippen molar-refractivity contribution in [2.45, 2.75) is 46.1 Å². The van der Waals surface area contributed by atoms with Crippen molar-refractivity contribution < 1.29 is 24.2 Å². The van der Waals surface area contributed by atoms with Crippen LogP contribution in [0.5, 0.6) is 11.5 Å². The average molecular weight is 366 g/mol. The molecule has 0 heterocycles. The molecule has 146 valence electrons. The predicted molar refractivity (Wildman–Crippen MR) is 101 cm³/mol. The van der Waals surface area contributed by atoms with Crippen LogP contribution in [0.25, 0.3) is 0 Å². The number of anilines is 1. The third-order valence-corrected chi connectivity index (χ3v) is 4.77. The molecule has 1 aromatic carbocycles. The van der Waals surface area contributed by atoms with Gasteiger partial charge in [0.2, 0.25) is 5.91 Å². The largest absolute Gasteiger partial charge is 0.497 e. The average Bonchev–Trinajstić information content (AvgIpc) is 2.62. The SMILES string of the molecule is CCC(CC)(CNC(C)CC(=O)Nc1ccc(OC)cc1OC)C(=O)O. The standard InChI is InChI=1S/C19H30N2O5/c1-6-19(7-2,18(23)24)12-20-13(3)10-17(22)21-15-9-8-14(25-4)11-16(15)26-5/h8-9,11,13,20H,6-7,10,12H2,1-5H3,(H,21,22)(H,23,24). The number of nitrogens with one attached hydrogen (secondary N) is 2. The molecule has 1 amide bonds.